The third kappa shape index (κ3) is 4.09. The van der Waals surface area contributed by atoms with Crippen LogP contribution >= 0.6 is 0 Å². The van der Waals surface area contributed by atoms with Crippen molar-refractivity contribution in [1.29, 1.82) is 0 Å². The second kappa shape index (κ2) is 8.08. The molecule has 0 spiro atoms. The molecule has 0 aliphatic carbocycles. The molecule has 0 fully saturated rings. The highest BCUT2D eigenvalue weighted by Crippen LogP contribution is 2.30. The number of unbranched alkanes of at least 4 members (excludes halogenated alkanes) is 6. The zero-order chi connectivity index (χ0) is 14.2. The van der Waals surface area contributed by atoms with Gasteiger partial charge in [0.1, 0.15) is 5.75 Å². The molecular weight excluding hydrogens is 248 g/mol. The molecule has 110 valence electrons. The van der Waals surface area contributed by atoms with Gasteiger partial charge < -0.3 is 4.74 Å². The minimum absolute atomic E-state index is 0.248. The number of ether oxygens (including phenoxy) is 1. The molecule has 0 saturated carbocycles. The van der Waals surface area contributed by atoms with Gasteiger partial charge in [-0.05, 0) is 18.1 Å². The Balaban J connectivity index is 1.72. The van der Waals surface area contributed by atoms with E-state index in [1.54, 1.807) is 0 Å². The molecule has 1 aromatic rings. The van der Waals surface area contributed by atoms with Crippen molar-refractivity contribution in [3.63, 3.8) is 0 Å². The van der Waals surface area contributed by atoms with E-state index in [1.807, 2.05) is 12.1 Å². The van der Waals surface area contributed by atoms with Gasteiger partial charge in [-0.1, -0.05) is 57.6 Å². The topological polar surface area (TPSA) is 26.3 Å². The molecule has 1 aliphatic rings. The first-order chi connectivity index (χ1) is 9.83. The van der Waals surface area contributed by atoms with E-state index >= 15 is 0 Å². The second-order valence-electron chi connectivity index (χ2n) is 5.69. The largest absolute Gasteiger partial charge is 0.492 e. The number of Topliss-reactive ketones (excluding diaryl/α,β-unsaturated/α-hetero) is 1. The van der Waals surface area contributed by atoms with Gasteiger partial charge in [0.25, 0.3) is 0 Å². The molecule has 0 amide bonds. The number of fused-ring (bicyclic) bond motifs is 1. The maximum atomic E-state index is 12.3. The molecule has 0 N–H and O–H groups in total. The lowest BCUT2D eigenvalue weighted by atomic mass is 10.0. The first kappa shape index (κ1) is 15.1. The average molecular weight is 274 g/mol. The fourth-order valence-corrected chi connectivity index (χ4v) is 2.81. The quantitative estimate of drug-likeness (QED) is 0.470. The van der Waals surface area contributed by atoms with Crippen molar-refractivity contribution in [1.82, 2.24) is 0 Å². The monoisotopic (exact) mass is 274 g/mol. The lowest BCUT2D eigenvalue weighted by molar-refractivity contribution is 0.0976. The summed E-state index contributed by atoms with van der Waals surface area (Å²) in [6, 6.07) is 5.95. The number of carbonyl (C=O) groups excluding carboxylic acids is 1. The molecule has 0 bridgehead atoms. The second-order valence-corrected chi connectivity index (χ2v) is 5.69. The number of hydrogen-bond donors (Lipinski definition) is 0. The van der Waals surface area contributed by atoms with Crippen molar-refractivity contribution < 1.29 is 9.53 Å². The first-order valence-electron chi connectivity index (χ1n) is 8.11. The Morgan fingerprint density at radius 1 is 1.10 bits per heavy atom. The molecule has 1 heterocycles. The molecule has 0 atom stereocenters. The predicted molar refractivity (Wildman–Crippen MR) is 82.6 cm³/mol. The zero-order valence-corrected chi connectivity index (χ0v) is 12.6. The molecule has 2 heteroatoms. The van der Waals surface area contributed by atoms with Crippen LogP contribution in [0.25, 0.3) is 0 Å². The Kier molecular flexibility index (Phi) is 6.10. The zero-order valence-electron chi connectivity index (χ0n) is 12.6. The Morgan fingerprint density at radius 2 is 1.85 bits per heavy atom. The lowest BCUT2D eigenvalue weighted by Crippen LogP contribution is -2.01. The van der Waals surface area contributed by atoms with Crippen LogP contribution in [0.15, 0.2) is 18.2 Å². The SMILES string of the molecule is CCCCCCCCCC(=O)c1cccc2c1OCC2. The van der Waals surface area contributed by atoms with Gasteiger partial charge in [0.2, 0.25) is 0 Å². The Morgan fingerprint density at radius 3 is 2.65 bits per heavy atom. The number of ketones is 1. The van der Waals surface area contributed by atoms with E-state index in [2.05, 4.69) is 13.0 Å². The fraction of sp³-hybridized carbons (Fsp3) is 0.611. The number of para-hydroxylation sites is 1. The van der Waals surface area contributed by atoms with Gasteiger partial charge in [0.15, 0.2) is 5.78 Å². The average Bonchev–Trinajstić information content (AvgIpc) is 2.94. The number of hydrogen-bond acceptors (Lipinski definition) is 2. The molecular formula is C18H26O2. The maximum absolute atomic E-state index is 12.3. The van der Waals surface area contributed by atoms with Crippen LogP contribution in [0.5, 0.6) is 5.75 Å². The lowest BCUT2D eigenvalue weighted by Gasteiger charge is -2.07. The van der Waals surface area contributed by atoms with Crippen LogP contribution in [0, 0.1) is 0 Å². The predicted octanol–water partition coefficient (Wildman–Crippen LogP) is 4.94. The van der Waals surface area contributed by atoms with E-state index in [4.69, 9.17) is 4.74 Å². The van der Waals surface area contributed by atoms with Crippen LogP contribution in [-0.2, 0) is 6.42 Å². The standard InChI is InChI=1S/C18H26O2/c1-2-3-4-5-6-7-8-12-17(19)16-11-9-10-15-13-14-20-18(15)16/h9-11H,2-8,12-14H2,1H3. The third-order valence-electron chi connectivity index (χ3n) is 4.02. The van der Waals surface area contributed by atoms with E-state index in [-0.39, 0.29) is 5.78 Å². The van der Waals surface area contributed by atoms with E-state index in [0.717, 1.165) is 30.8 Å². The van der Waals surface area contributed by atoms with E-state index < -0.39 is 0 Å². The molecule has 2 nitrogen and oxygen atoms in total. The van der Waals surface area contributed by atoms with Crippen molar-refractivity contribution >= 4 is 5.78 Å². The highest BCUT2D eigenvalue weighted by molar-refractivity contribution is 5.99. The van der Waals surface area contributed by atoms with Crippen LogP contribution in [0.4, 0.5) is 0 Å². The summed E-state index contributed by atoms with van der Waals surface area (Å²) in [5.74, 6) is 1.10. The Labute approximate surface area is 122 Å². The summed E-state index contributed by atoms with van der Waals surface area (Å²) < 4.78 is 5.60. The van der Waals surface area contributed by atoms with Crippen LogP contribution in [-0.4, -0.2) is 12.4 Å². The molecule has 1 aliphatic heterocycles. The molecule has 20 heavy (non-hydrogen) atoms. The molecule has 1 aromatic carbocycles. The van der Waals surface area contributed by atoms with E-state index in [1.165, 1.54) is 44.1 Å². The first-order valence-corrected chi connectivity index (χ1v) is 8.11. The maximum Gasteiger partial charge on any atom is 0.166 e. The summed E-state index contributed by atoms with van der Waals surface area (Å²) >= 11 is 0. The van der Waals surface area contributed by atoms with Crippen molar-refractivity contribution in [3.8, 4) is 5.75 Å². The highest BCUT2D eigenvalue weighted by atomic mass is 16.5. The van der Waals surface area contributed by atoms with E-state index in [9.17, 15) is 4.79 Å². The van der Waals surface area contributed by atoms with Gasteiger partial charge in [-0.15, -0.1) is 0 Å². The molecule has 0 aromatic heterocycles. The van der Waals surface area contributed by atoms with Crippen LogP contribution in [0.2, 0.25) is 0 Å². The Bertz CT molecular complexity index is 437. The number of rotatable bonds is 9. The molecule has 0 saturated heterocycles. The Hall–Kier alpha value is -1.31. The van der Waals surface area contributed by atoms with Crippen LogP contribution in [0.3, 0.4) is 0 Å². The summed E-state index contributed by atoms with van der Waals surface area (Å²) in [5.41, 5.74) is 1.99. The summed E-state index contributed by atoms with van der Waals surface area (Å²) in [6.07, 6.45) is 10.3. The van der Waals surface area contributed by atoms with Crippen LogP contribution < -0.4 is 4.74 Å². The minimum atomic E-state index is 0.248. The van der Waals surface area contributed by atoms with Gasteiger partial charge >= 0.3 is 0 Å². The van der Waals surface area contributed by atoms with Gasteiger partial charge in [0, 0.05) is 12.8 Å². The fourth-order valence-electron chi connectivity index (χ4n) is 2.81. The third-order valence-corrected chi connectivity index (χ3v) is 4.02. The van der Waals surface area contributed by atoms with E-state index in [0.29, 0.717) is 6.42 Å². The number of benzene rings is 1. The molecule has 2 rings (SSSR count). The van der Waals surface area contributed by atoms with Gasteiger partial charge in [-0.3, -0.25) is 4.79 Å². The minimum Gasteiger partial charge on any atom is -0.492 e. The summed E-state index contributed by atoms with van der Waals surface area (Å²) in [6.45, 7) is 2.95. The summed E-state index contributed by atoms with van der Waals surface area (Å²) in [4.78, 5) is 12.3. The van der Waals surface area contributed by atoms with Crippen molar-refractivity contribution in [2.75, 3.05) is 6.61 Å². The number of carbonyl (C=O) groups is 1. The molecule has 0 unspecified atom stereocenters. The van der Waals surface area contributed by atoms with Gasteiger partial charge in [0.05, 0.1) is 12.2 Å². The van der Waals surface area contributed by atoms with Gasteiger partial charge in [-0.25, -0.2) is 0 Å². The van der Waals surface area contributed by atoms with Crippen molar-refractivity contribution in [3.05, 3.63) is 29.3 Å². The van der Waals surface area contributed by atoms with Crippen molar-refractivity contribution in [2.45, 2.75) is 64.7 Å². The van der Waals surface area contributed by atoms with Crippen molar-refractivity contribution in [2.24, 2.45) is 0 Å². The van der Waals surface area contributed by atoms with Crippen LogP contribution in [0.1, 0.15) is 74.2 Å². The smallest absolute Gasteiger partial charge is 0.166 e. The van der Waals surface area contributed by atoms with Gasteiger partial charge in [-0.2, -0.15) is 0 Å². The highest BCUT2D eigenvalue weighted by Gasteiger charge is 2.19. The normalized spacial score (nSPS) is 13.1. The summed E-state index contributed by atoms with van der Waals surface area (Å²) in [5, 5.41) is 0. The molecule has 0 radical (unpaired) electrons. The summed E-state index contributed by atoms with van der Waals surface area (Å²) in [7, 11) is 0.